The average Bonchev–Trinajstić information content (AvgIpc) is 2.81. The fourth-order valence-corrected chi connectivity index (χ4v) is 3.81. The second-order valence-corrected chi connectivity index (χ2v) is 6.05. The molecule has 0 radical (unpaired) electrons. The van der Waals surface area contributed by atoms with Gasteiger partial charge in [-0.3, -0.25) is 0 Å². The summed E-state index contributed by atoms with van der Waals surface area (Å²) in [5, 5.41) is 9.95. The van der Waals surface area contributed by atoms with Gasteiger partial charge in [0, 0.05) is 12.0 Å². The van der Waals surface area contributed by atoms with E-state index in [1.54, 1.807) is 0 Å². The van der Waals surface area contributed by atoms with Gasteiger partial charge in [-0.1, -0.05) is 19.3 Å². The van der Waals surface area contributed by atoms with Crippen molar-refractivity contribution in [1.82, 2.24) is 4.98 Å². The van der Waals surface area contributed by atoms with E-state index in [0.29, 0.717) is 11.4 Å². The van der Waals surface area contributed by atoms with Crippen LogP contribution in [0.3, 0.4) is 0 Å². The van der Waals surface area contributed by atoms with Gasteiger partial charge in [0.25, 0.3) is 0 Å². The van der Waals surface area contributed by atoms with Crippen molar-refractivity contribution in [2.45, 2.75) is 38.0 Å². The molecule has 2 aromatic rings. The smallest absolute Gasteiger partial charge is 0.338 e. The molecule has 3 rings (SSSR count). The first-order chi connectivity index (χ1) is 9.15. The van der Waals surface area contributed by atoms with Gasteiger partial charge in [-0.15, -0.1) is 11.3 Å². The largest absolute Gasteiger partial charge is 0.478 e. The van der Waals surface area contributed by atoms with E-state index >= 15 is 0 Å². The highest BCUT2D eigenvalue weighted by atomic mass is 32.1. The molecular weight excluding hydrogens is 265 g/mol. The fraction of sp³-hybridized carbons (Fsp3) is 0.429. The number of hydrogen-bond acceptors (Lipinski definition) is 3. The summed E-state index contributed by atoms with van der Waals surface area (Å²) in [4.78, 5) is 15.4. The van der Waals surface area contributed by atoms with Crippen LogP contribution in [0.25, 0.3) is 10.2 Å². The maximum Gasteiger partial charge on any atom is 0.338 e. The van der Waals surface area contributed by atoms with E-state index in [4.69, 9.17) is 5.11 Å². The number of halogens is 1. The first-order valence-electron chi connectivity index (χ1n) is 6.48. The number of carboxylic acids is 1. The summed E-state index contributed by atoms with van der Waals surface area (Å²) in [6.07, 6.45) is 5.98. The lowest BCUT2D eigenvalue weighted by Crippen LogP contribution is -2.03. The Morgan fingerprint density at radius 3 is 2.74 bits per heavy atom. The highest BCUT2D eigenvalue weighted by molar-refractivity contribution is 7.18. The normalized spacial score (nSPS) is 16.9. The molecule has 19 heavy (non-hydrogen) atoms. The summed E-state index contributed by atoms with van der Waals surface area (Å²) in [5.74, 6) is -1.48. The van der Waals surface area contributed by atoms with Gasteiger partial charge in [-0.25, -0.2) is 14.2 Å². The van der Waals surface area contributed by atoms with Crippen LogP contribution in [0.15, 0.2) is 12.1 Å². The number of fused-ring (bicyclic) bond motifs is 1. The van der Waals surface area contributed by atoms with Gasteiger partial charge in [-0.05, 0) is 18.9 Å². The minimum atomic E-state index is -1.23. The number of aromatic carboxylic acids is 1. The monoisotopic (exact) mass is 279 g/mol. The first kappa shape index (κ1) is 12.5. The van der Waals surface area contributed by atoms with E-state index in [1.807, 2.05) is 0 Å². The summed E-state index contributed by atoms with van der Waals surface area (Å²) in [5.41, 5.74) is 0.305. The number of thiazole rings is 1. The van der Waals surface area contributed by atoms with Gasteiger partial charge < -0.3 is 5.11 Å². The number of carboxylic acid groups (broad SMARTS) is 1. The van der Waals surface area contributed by atoms with Crippen molar-refractivity contribution in [3.8, 4) is 0 Å². The van der Waals surface area contributed by atoms with Crippen LogP contribution in [0, 0.1) is 5.82 Å². The number of benzene rings is 1. The molecule has 5 heteroatoms. The number of rotatable bonds is 2. The van der Waals surface area contributed by atoms with Crippen LogP contribution in [-0.2, 0) is 0 Å². The summed E-state index contributed by atoms with van der Waals surface area (Å²) < 4.78 is 14.4. The summed E-state index contributed by atoms with van der Waals surface area (Å²) in [6, 6.07) is 2.64. The molecule has 1 aromatic heterocycles. The minimum Gasteiger partial charge on any atom is -0.478 e. The Balaban J connectivity index is 2.02. The van der Waals surface area contributed by atoms with Crippen LogP contribution < -0.4 is 0 Å². The third-order valence-corrected chi connectivity index (χ3v) is 4.86. The second-order valence-electron chi connectivity index (χ2n) is 4.99. The van der Waals surface area contributed by atoms with E-state index in [1.165, 1.54) is 42.7 Å². The molecule has 100 valence electrons. The number of aromatic nitrogens is 1. The van der Waals surface area contributed by atoms with Crippen molar-refractivity contribution in [3.63, 3.8) is 0 Å². The van der Waals surface area contributed by atoms with E-state index < -0.39 is 11.8 Å². The van der Waals surface area contributed by atoms with Crippen LogP contribution in [0.2, 0.25) is 0 Å². The van der Waals surface area contributed by atoms with Crippen LogP contribution in [0.5, 0.6) is 0 Å². The molecule has 1 aromatic carbocycles. The van der Waals surface area contributed by atoms with Crippen molar-refractivity contribution in [2.24, 2.45) is 0 Å². The van der Waals surface area contributed by atoms with E-state index in [9.17, 15) is 9.18 Å². The van der Waals surface area contributed by atoms with Crippen LogP contribution in [0.4, 0.5) is 4.39 Å². The molecule has 1 saturated carbocycles. The summed E-state index contributed by atoms with van der Waals surface area (Å²) in [7, 11) is 0. The standard InChI is InChI=1S/C14H14FNO2S/c15-10-7-11-12(6-9(10)14(17)18)19-13(16-11)8-4-2-1-3-5-8/h6-8H,1-5H2,(H,17,18). The Morgan fingerprint density at radius 1 is 1.32 bits per heavy atom. The van der Waals surface area contributed by atoms with Crippen LogP contribution >= 0.6 is 11.3 Å². The molecule has 0 unspecified atom stereocenters. The van der Waals surface area contributed by atoms with Gasteiger partial charge in [0.15, 0.2) is 0 Å². The second kappa shape index (κ2) is 4.89. The topological polar surface area (TPSA) is 50.2 Å². The van der Waals surface area contributed by atoms with Crippen molar-refractivity contribution in [1.29, 1.82) is 0 Å². The van der Waals surface area contributed by atoms with Crippen molar-refractivity contribution < 1.29 is 14.3 Å². The zero-order valence-corrected chi connectivity index (χ0v) is 11.2. The Morgan fingerprint density at radius 2 is 2.05 bits per heavy atom. The summed E-state index contributed by atoms with van der Waals surface area (Å²) in [6.45, 7) is 0. The van der Waals surface area contributed by atoms with Crippen LogP contribution in [-0.4, -0.2) is 16.1 Å². The fourth-order valence-electron chi connectivity index (χ4n) is 2.65. The summed E-state index contributed by atoms with van der Waals surface area (Å²) >= 11 is 1.50. The highest BCUT2D eigenvalue weighted by Crippen LogP contribution is 2.37. The number of carbonyl (C=O) groups is 1. The molecular formula is C14H14FNO2S. The van der Waals surface area contributed by atoms with E-state index in [-0.39, 0.29) is 5.56 Å². The molecule has 1 fully saturated rings. The number of hydrogen-bond donors (Lipinski definition) is 1. The molecule has 1 aliphatic rings. The Hall–Kier alpha value is -1.49. The van der Waals surface area contributed by atoms with Crippen molar-refractivity contribution in [3.05, 3.63) is 28.5 Å². The molecule has 0 bridgehead atoms. The highest BCUT2D eigenvalue weighted by Gasteiger charge is 2.20. The number of nitrogens with zero attached hydrogens (tertiary/aromatic N) is 1. The molecule has 0 saturated heterocycles. The van der Waals surface area contributed by atoms with Gasteiger partial charge in [0.1, 0.15) is 5.82 Å². The molecule has 0 spiro atoms. The minimum absolute atomic E-state index is 0.272. The Kier molecular flexibility index (Phi) is 3.22. The SMILES string of the molecule is O=C(O)c1cc2sc(C3CCCCC3)nc2cc1F. The molecule has 3 nitrogen and oxygen atoms in total. The first-order valence-corrected chi connectivity index (χ1v) is 7.30. The van der Waals surface area contributed by atoms with Gasteiger partial charge >= 0.3 is 5.97 Å². The molecule has 1 heterocycles. The third kappa shape index (κ3) is 2.34. The predicted octanol–water partition coefficient (Wildman–Crippen LogP) is 4.18. The Bertz CT molecular complexity index is 632. The van der Waals surface area contributed by atoms with Crippen molar-refractivity contribution >= 4 is 27.5 Å². The van der Waals surface area contributed by atoms with Gasteiger partial charge in [-0.2, -0.15) is 0 Å². The zero-order valence-electron chi connectivity index (χ0n) is 10.4. The van der Waals surface area contributed by atoms with Gasteiger partial charge in [0.05, 0.1) is 20.8 Å². The Labute approximate surface area is 114 Å². The zero-order chi connectivity index (χ0) is 13.4. The maximum atomic E-state index is 13.6. The average molecular weight is 279 g/mol. The van der Waals surface area contributed by atoms with E-state index in [0.717, 1.165) is 22.5 Å². The molecule has 1 N–H and O–H groups in total. The molecule has 0 aliphatic heterocycles. The van der Waals surface area contributed by atoms with Crippen molar-refractivity contribution in [2.75, 3.05) is 0 Å². The quantitative estimate of drug-likeness (QED) is 0.897. The maximum absolute atomic E-state index is 13.6. The lowest BCUT2D eigenvalue weighted by atomic mass is 9.90. The van der Waals surface area contributed by atoms with Gasteiger partial charge in [0.2, 0.25) is 0 Å². The lowest BCUT2D eigenvalue weighted by molar-refractivity contribution is 0.0692. The van der Waals surface area contributed by atoms with E-state index in [2.05, 4.69) is 4.98 Å². The molecule has 0 atom stereocenters. The third-order valence-electron chi connectivity index (χ3n) is 3.68. The predicted molar refractivity (Wildman–Crippen MR) is 72.4 cm³/mol. The van der Waals surface area contributed by atoms with Crippen LogP contribution in [0.1, 0.15) is 53.4 Å². The molecule has 1 aliphatic carbocycles. The molecule has 0 amide bonds. The lowest BCUT2D eigenvalue weighted by Gasteiger charge is -2.18.